The van der Waals surface area contributed by atoms with Gasteiger partial charge in [-0.2, -0.15) is 0 Å². The SMILES string of the molecule is CC1(C)OB([C@H](N)c2ccc(OCc3ccccc3)cc2)OC1(C)C. The molecular weight excluding hydrogens is 313 g/mol. The van der Waals surface area contributed by atoms with E-state index in [0.717, 1.165) is 16.9 Å². The quantitative estimate of drug-likeness (QED) is 0.840. The van der Waals surface area contributed by atoms with Gasteiger partial charge in [0.1, 0.15) is 12.4 Å². The summed E-state index contributed by atoms with van der Waals surface area (Å²) in [5.41, 5.74) is 7.71. The third-order valence-electron chi connectivity index (χ3n) is 5.08. The Labute approximate surface area is 150 Å². The maximum atomic E-state index is 6.37. The van der Waals surface area contributed by atoms with E-state index in [1.54, 1.807) is 0 Å². The maximum Gasteiger partial charge on any atom is 0.480 e. The van der Waals surface area contributed by atoms with E-state index in [4.69, 9.17) is 19.8 Å². The summed E-state index contributed by atoms with van der Waals surface area (Å²) in [7, 11) is -0.457. The highest BCUT2D eigenvalue weighted by molar-refractivity contribution is 6.47. The van der Waals surface area contributed by atoms with E-state index in [0.29, 0.717) is 6.61 Å². The average molecular weight is 339 g/mol. The molecule has 1 atom stereocenters. The van der Waals surface area contributed by atoms with E-state index in [1.165, 1.54) is 0 Å². The summed E-state index contributed by atoms with van der Waals surface area (Å²) in [6.07, 6.45) is 0. The molecule has 0 bridgehead atoms. The lowest BCUT2D eigenvalue weighted by atomic mass is 9.75. The topological polar surface area (TPSA) is 53.7 Å². The Morgan fingerprint density at radius 2 is 1.48 bits per heavy atom. The summed E-state index contributed by atoms with van der Waals surface area (Å²) in [6.45, 7) is 8.66. The van der Waals surface area contributed by atoms with Crippen molar-refractivity contribution in [2.75, 3.05) is 0 Å². The number of rotatable bonds is 5. The summed E-state index contributed by atoms with van der Waals surface area (Å²) >= 11 is 0. The van der Waals surface area contributed by atoms with E-state index in [-0.39, 0.29) is 17.1 Å². The number of hydrogen-bond acceptors (Lipinski definition) is 4. The fraction of sp³-hybridized carbons (Fsp3) is 0.400. The Balaban J connectivity index is 1.62. The molecule has 0 aliphatic carbocycles. The maximum absolute atomic E-state index is 6.37. The normalized spacial score (nSPS) is 19.6. The fourth-order valence-electron chi connectivity index (χ4n) is 2.72. The van der Waals surface area contributed by atoms with Crippen LogP contribution in [0, 0.1) is 0 Å². The first-order valence-electron chi connectivity index (χ1n) is 8.66. The molecule has 0 unspecified atom stereocenters. The first kappa shape index (κ1) is 18.0. The molecule has 0 spiro atoms. The van der Waals surface area contributed by atoms with Gasteiger partial charge in [0.25, 0.3) is 0 Å². The van der Waals surface area contributed by atoms with Crippen molar-refractivity contribution in [2.24, 2.45) is 5.73 Å². The summed E-state index contributed by atoms with van der Waals surface area (Å²) in [6, 6.07) is 17.9. The second-order valence-electron chi connectivity index (χ2n) is 7.49. The molecule has 2 aromatic rings. The Hall–Kier alpha value is -1.82. The Morgan fingerprint density at radius 3 is 2.04 bits per heavy atom. The van der Waals surface area contributed by atoms with Gasteiger partial charge in [-0.1, -0.05) is 42.5 Å². The minimum absolute atomic E-state index is 0.343. The molecule has 0 aromatic heterocycles. The van der Waals surface area contributed by atoms with Gasteiger partial charge in [-0.3, -0.25) is 0 Å². The van der Waals surface area contributed by atoms with Crippen molar-refractivity contribution < 1.29 is 14.0 Å². The van der Waals surface area contributed by atoms with Gasteiger partial charge < -0.3 is 19.8 Å². The number of nitrogens with two attached hydrogens (primary N) is 1. The van der Waals surface area contributed by atoms with Crippen LogP contribution in [0.3, 0.4) is 0 Å². The van der Waals surface area contributed by atoms with Crippen LogP contribution in [0.4, 0.5) is 0 Å². The number of ether oxygens (including phenoxy) is 1. The molecule has 2 aromatic carbocycles. The third-order valence-corrected chi connectivity index (χ3v) is 5.08. The fourth-order valence-corrected chi connectivity index (χ4v) is 2.72. The molecule has 5 heteroatoms. The van der Waals surface area contributed by atoms with E-state index in [1.807, 2.05) is 82.3 Å². The molecule has 0 radical (unpaired) electrons. The van der Waals surface area contributed by atoms with Crippen LogP contribution in [-0.4, -0.2) is 18.3 Å². The Bertz CT molecular complexity index is 685. The highest BCUT2D eigenvalue weighted by Gasteiger charge is 2.53. The molecule has 1 aliphatic heterocycles. The number of benzene rings is 2. The van der Waals surface area contributed by atoms with Gasteiger partial charge >= 0.3 is 7.12 Å². The lowest BCUT2D eigenvalue weighted by molar-refractivity contribution is 0.00578. The lowest BCUT2D eigenvalue weighted by Crippen LogP contribution is -2.41. The Kier molecular flexibility index (Phi) is 4.91. The van der Waals surface area contributed by atoms with Gasteiger partial charge in [-0.05, 0) is 51.0 Å². The van der Waals surface area contributed by atoms with Crippen LogP contribution in [0.2, 0.25) is 0 Å². The van der Waals surface area contributed by atoms with Crippen LogP contribution in [-0.2, 0) is 15.9 Å². The van der Waals surface area contributed by atoms with Crippen LogP contribution in [0.15, 0.2) is 54.6 Å². The standard InChI is InChI=1S/C20H26BNO3/c1-19(2)20(3,4)25-21(24-19)18(22)16-10-12-17(13-11-16)23-14-15-8-6-5-7-9-15/h5-13,18H,14,22H2,1-4H3/t18-/m1/s1. The number of hydrogen-bond donors (Lipinski definition) is 1. The molecule has 1 saturated heterocycles. The summed E-state index contributed by atoms with van der Waals surface area (Å²) < 4.78 is 17.9. The smallest absolute Gasteiger partial charge is 0.480 e. The molecule has 1 heterocycles. The first-order valence-corrected chi connectivity index (χ1v) is 8.66. The zero-order valence-corrected chi connectivity index (χ0v) is 15.4. The highest BCUT2D eigenvalue weighted by atomic mass is 16.7. The van der Waals surface area contributed by atoms with Gasteiger partial charge in [0.15, 0.2) is 0 Å². The van der Waals surface area contributed by atoms with Crippen molar-refractivity contribution in [3.8, 4) is 5.75 Å². The zero-order valence-electron chi connectivity index (χ0n) is 15.4. The van der Waals surface area contributed by atoms with E-state index in [9.17, 15) is 0 Å². The minimum atomic E-state index is -0.457. The summed E-state index contributed by atoms with van der Waals surface area (Å²) in [5, 5.41) is 0. The second kappa shape index (κ2) is 6.83. The van der Waals surface area contributed by atoms with Crippen LogP contribution < -0.4 is 10.5 Å². The van der Waals surface area contributed by atoms with Crippen LogP contribution in [0.25, 0.3) is 0 Å². The van der Waals surface area contributed by atoms with Crippen LogP contribution in [0.1, 0.15) is 44.8 Å². The van der Waals surface area contributed by atoms with Crippen molar-refractivity contribution in [3.05, 3.63) is 65.7 Å². The van der Waals surface area contributed by atoms with E-state index in [2.05, 4.69) is 0 Å². The Morgan fingerprint density at radius 1 is 0.920 bits per heavy atom. The molecule has 4 nitrogen and oxygen atoms in total. The van der Waals surface area contributed by atoms with Crippen molar-refractivity contribution in [2.45, 2.75) is 51.4 Å². The lowest BCUT2D eigenvalue weighted by Gasteiger charge is -2.32. The minimum Gasteiger partial charge on any atom is -0.489 e. The summed E-state index contributed by atoms with van der Waals surface area (Å²) in [5.74, 6) is 0.470. The average Bonchev–Trinajstić information content (AvgIpc) is 2.81. The predicted octanol–water partition coefficient (Wildman–Crippen LogP) is 3.90. The molecule has 2 N–H and O–H groups in total. The molecule has 1 aliphatic rings. The molecular formula is C20H26BNO3. The van der Waals surface area contributed by atoms with Gasteiger partial charge in [0.2, 0.25) is 0 Å². The zero-order chi connectivity index (χ0) is 18.1. The monoisotopic (exact) mass is 339 g/mol. The van der Waals surface area contributed by atoms with E-state index >= 15 is 0 Å². The molecule has 1 fully saturated rings. The molecule has 0 amide bonds. The van der Waals surface area contributed by atoms with Gasteiger partial charge in [-0.15, -0.1) is 0 Å². The second-order valence-corrected chi connectivity index (χ2v) is 7.49. The van der Waals surface area contributed by atoms with Crippen LogP contribution >= 0.6 is 0 Å². The molecule has 132 valence electrons. The third kappa shape index (κ3) is 3.89. The van der Waals surface area contributed by atoms with Crippen molar-refractivity contribution in [1.82, 2.24) is 0 Å². The van der Waals surface area contributed by atoms with Gasteiger partial charge in [-0.25, -0.2) is 0 Å². The largest absolute Gasteiger partial charge is 0.489 e. The van der Waals surface area contributed by atoms with Gasteiger partial charge in [0, 0.05) is 0 Å². The van der Waals surface area contributed by atoms with Crippen molar-refractivity contribution in [1.29, 1.82) is 0 Å². The van der Waals surface area contributed by atoms with Gasteiger partial charge in [0.05, 0.1) is 17.1 Å². The molecule has 25 heavy (non-hydrogen) atoms. The van der Waals surface area contributed by atoms with Crippen molar-refractivity contribution in [3.63, 3.8) is 0 Å². The molecule has 3 rings (SSSR count). The van der Waals surface area contributed by atoms with Crippen LogP contribution in [0.5, 0.6) is 5.75 Å². The highest BCUT2D eigenvalue weighted by Crippen LogP contribution is 2.39. The first-order chi connectivity index (χ1) is 11.8. The predicted molar refractivity (Wildman–Crippen MR) is 100 cm³/mol. The summed E-state index contributed by atoms with van der Waals surface area (Å²) in [4.78, 5) is 0. The molecule has 0 saturated carbocycles. The van der Waals surface area contributed by atoms with Crippen molar-refractivity contribution >= 4 is 7.12 Å². The van der Waals surface area contributed by atoms with E-state index < -0.39 is 7.12 Å².